The number of ketones is 1. The first-order chi connectivity index (χ1) is 9.58. The fourth-order valence-corrected chi connectivity index (χ4v) is 2.36. The highest BCUT2D eigenvalue weighted by Gasteiger charge is 2.16. The molecule has 1 aromatic heterocycles. The third kappa shape index (κ3) is 1.86. The van der Waals surface area contributed by atoms with E-state index >= 15 is 0 Å². The maximum Gasteiger partial charge on any atom is 0.195 e. The van der Waals surface area contributed by atoms with Gasteiger partial charge in [-0.1, -0.05) is 18.2 Å². The van der Waals surface area contributed by atoms with E-state index < -0.39 is 5.82 Å². The van der Waals surface area contributed by atoms with Gasteiger partial charge < -0.3 is 10.3 Å². The lowest BCUT2D eigenvalue weighted by Crippen LogP contribution is -2.02. The van der Waals surface area contributed by atoms with Crippen molar-refractivity contribution < 1.29 is 9.18 Å². The molecule has 0 radical (unpaired) electrons. The van der Waals surface area contributed by atoms with E-state index in [1.807, 2.05) is 35.9 Å². The zero-order valence-corrected chi connectivity index (χ0v) is 10.9. The first kappa shape index (κ1) is 12.4. The quantitative estimate of drug-likeness (QED) is 0.573. The summed E-state index contributed by atoms with van der Waals surface area (Å²) in [5, 5.41) is 0.878. The van der Waals surface area contributed by atoms with Gasteiger partial charge in [0.1, 0.15) is 5.82 Å². The number of nitrogen functional groups attached to an aromatic ring is 1. The van der Waals surface area contributed by atoms with Gasteiger partial charge in [-0.2, -0.15) is 0 Å². The molecule has 0 unspecified atom stereocenters. The van der Waals surface area contributed by atoms with Crippen molar-refractivity contribution in [2.75, 3.05) is 5.73 Å². The Morgan fingerprint density at radius 3 is 2.70 bits per heavy atom. The highest BCUT2D eigenvalue weighted by Crippen LogP contribution is 2.24. The standard InChI is InChI=1S/C16H13FN2O/c1-19-9-12(11-4-2-3-5-15(11)19)16(20)10-6-7-13(17)14(18)8-10/h2-9H,18H2,1H3. The van der Waals surface area contributed by atoms with E-state index in [1.165, 1.54) is 18.2 Å². The number of carbonyl (C=O) groups is 1. The summed E-state index contributed by atoms with van der Waals surface area (Å²) in [7, 11) is 1.89. The molecular formula is C16H13FN2O. The van der Waals surface area contributed by atoms with Crippen molar-refractivity contribution in [2.45, 2.75) is 0 Å². The minimum Gasteiger partial charge on any atom is -0.396 e. The van der Waals surface area contributed by atoms with Gasteiger partial charge in [0.05, 0.1) is 5.69 Å². The minimum atomic E-state index is -0.514. The van der Waals surface area contributed by atoms with Crippen LogP contribution in [0.25, 0.3) is 10.9 Å². The van der Waals surface area contributed by atoms with E-state index in [0.717, 1.165) is 10.9 Å². The van der Waals surface area contributed by atoms with E-state index in [9.17, 15) is 9.18 Å². The SMILES string of the molecule is Cn1cc(C(=O)c2ccc(F)c(N)c2)c2ccccc21. The molecule has 0 saturated heterocycles. The number of anilines is 1. The molecule has 2 aromatic carbocycles. The number of hydrogen-bond donors (Lipinski definition) is 1. The molecule has 3 nitrogen and oxygen atoms in total. The predicted molar refractivity (Wildman–Crippen MR) is 77.2 cm³/mol. The Bertz CT molecular complexity index is 820. The van der Waals surface area contributed by atoms with Gasteiger partial charge >= 0.3 is 0 Å². The monoisotopic (exact) mass is 268 g/mol. The number of hydrogen-bond acceptors (Lipinski definition) is 2. The molecule has 20 heavy (non-hydrogen) atoms. The van der Waals surface area contributed by atoms with Gasteiger partial charge in [-0.3, -0.25) is 4.79 Å². The Morgan fingerprint density at radius 2 is 1.95 bits per heavy atom. The zero-order chi connectivity index (χ0) is 14.3. The fraction of sp³-hybridized carbons (Fsp3) is 0.0625. The van der Waals surface area contributed by atoms with Gasteiger partial charge in [-0.15, -0.1) is 0 Å². The second-order valence-electron chi connectivity index (χ2n) is 4.74. The van der Waals surface area contributed by atoms with E-state index in [2.05, 4.69) is 0 Å². The largest absolute Gasteiger partial charge is 0.396 e. The molecule has 0 saturated carbocycles. The molecule has 100 valence electrons. The molecule has 0 spiro atoms. The summed E-state index contributed by atoms with van der Waals surface area (Å²) >= 11 is 0. The van der Waals surface area contributed by atoms with Crippen LogP contribution in [0.1, 0.15) is 15.9 Å². The van der Waals surface area contributed by atoms with Crippen molar-refractivity contribution >= 4 is 22.4 Å². The summed E-state index contributed by atoms with van der Waals surface area (Å²) in [6.45, 7) is 0. The summed E-state index contributed by atoms with van der Waals surface area (Å²) in [5.74, 6) is -0.673. The molecule has 0 aliphatic heterocycles. The van der Waals surface area contributed by atoms with Crippen LogP contribution in [0.5, 0.6) is 0 Å². The first-order valence-corrected chi connectivity index (χ1v) is 6.21. The number of nitrogens with two attached hydrogens (primary N) is 1. The molecule has 4 heteroatoms. The van der Waals surface area contributed by atoms with Crippen LogP contribution in [0.15, 0.2) is 48.7 Å². The number of rotatable bonds is 2. The smallest absolute Gasteiger partial charge is 0.195 e. The maximum absolute atomic E-state index is 13.2. The van der Waals surface area contributed by atoms with Crippen molar-refractivity contribution in [3.8, 4) is 0 Å². The van der Waals surface area contributed by atoms with Crippen LogP contribution < -0.4 is 5.73 Å². The molecule has 3 aromatic rings. The number of benzene rings is 2. The van der Waals surface area contributed by atoms with Crippen molar-refractivity contribution in [3.05, 3.63) is 65.6 Å². The molecule has 0 atom stereocenters. The maximum atomic E-state index is 13.2. The average molecular weight is 268 g/mol. The number of nitrogens with zero attached hydrogens (tertiary/aromatic N) is 1. The van der Waals surface area contributed by atoms with Crippen LogP contribution in [0.2, 0.25) is 0 Å². The third-order valence-electron chi connectivity index (χ3n) is 3.40. The molecule has 0 bridgehead atoms. The van der Waals surface area contributed by atoms with Gasteiger partial charge in [-0.05, 0) is 24.3 Å². The highest BCUT2D eigenvalue weighted by molar-refractivity contribution is 6.16. The average Bonchev–Trinajstić information content (AvgIpc) is 2.79. The molecule has 0 aliphatic carbocycles. The minimum absolute atomic E-state index is 0.0175. The highest BCUT2D eigenvalue weighted by atomic mass is 19.1. The van der Waals surface area contributed by atoms with Gasteiger partial charge in [0.15, 0.2) is 5.78 Å². The Balaban J connectivity index is 2.15. The Labute approximate surface area is 115 Å². The number of halogens is 1. The van der Waals surface area contributed by atoms with Crippen molar-refractivity contribution in [1.82, 2.24) is 4.57 Å². The van der Waals surface area contributed by atoms with Gasteiger partial charge in [0.2, 0.25) is 0 Å². The number of para-hydroxylation sites is 1. The number of fused-ring (bicyclic) bond motifs is 1. The Morgan fingerprint density at radius 1 is 1.20 bits per heavy atom. The first-order valence-electron chi connectivity index (χ1n) is 6.21. The van der Waals surface area contributed by atoms with Crippen molar-refractivity contribution in [3.63, 3.8) is 0 Å². The Kier molecular flexibility index (Phi) is 2.79. The normalized spacial score (nSPS) is 10.9. The molecule has 3 rings (SSSR count). The van der Waals surface area contributed by atoms with Crippen LogP contribution in [-0.2, 0) is 7.05 Å². The summed E-state index contributed by atoms with van der Waals surface area (Å²) in [6.07, 6.45) is 1.78. The number of aromatic nitrogens is 1. The predicted octanol–water partition coefficient (Wildman–Crippen LogP) is 3.13. The summed E-state index contributed by atoms with van der Waals surface area (Å²) < 4.78 is 15.1. The summed E-state index contributed by atoms with van der Waals surface area (Å²) in [5.41, 5.74) is 7.46. The zero-order valence-electron chi connectivity index (χ0n) is 10.9. The van der Waals surface area contributed by atoms with E-state index in [4.69, 9.17) is 5.73 Å². The topological polar surface area (TPSA) is 48.0 Å². The van der Waals surface area contributed by atoms with E-state index in [1.54, 1.807) is 6.20 Å². The van der Waals surface area contributed by atoms with Gasteiger partial charge in [-0.25, -0.2) is 4.39 Å². The molecule has 0 amide bonds. The summed E-state index contributed by atoms with van der Waals surface area (Å²) in [4.78, 5) is 12.5. The van der Waals surface area contributed by atoms with Crippen LogP contribution in [0, 0.1) is 5.82 Å². The van der Waals surface area contributed by atoms with Crippen LogP contribution in [0.4, 0.5) is 10.1 Å². The fourth-order valence-electron chi connectivity index (χ4n) is 2.36. The molecule has 2 N–H and O–H groups in total. The van der Waals surface area contributed by atoms with Gasteiger partial charge in [0, 0.05) is 35.3 Å². The van der Waals surface area contributed by atoms with Crippen LogP contribution >= 0.6 is 0 Å². The van der Waals surface area contributed by atoms with Crippen LogP contribution in [0.3, 0.4) is 0 Å². The lowest BCUT2D eigenvalue weighted by atomic mass is 10.0. The molecular weight excluding hydrogens is 255 g/mol. The third-order valence-corrected chi connectivity index (χ3v) is 3.40. The molecule has 0 fully saturated rings. The Hall–Kier alpha value is -2.62. The second-order valence-corrected chi connectivity index (χ2v) is 4.74. The lowest BCUT2D eigenvalue weighted by molar-refractivity contribution is 0.104. The van der Waals surface area contributed by atoms with E-state index in [-0.39, 0.29) is 11.5 Å². The van der Waals surface area contributed by atoms with Crippen LogP contribution in [-0.4, -0.2) is 10.4 Å². The summed E-state index contributed by atoms with van der Waals surface area (Å²) in [6, 6.07) is 11.7. The van der Waals surface area contributed by atoms with Crippen molar-refractivity contribution in [1.29, 1.82) is 0 Å². The molecule has 0 aliphatic rings. The lowest BCUT2D eigenvalue weighted by Gasteiger charge is -2.02. The molecule has 1 heterocycles. The second kappa shape index (κ2) is 4.49. The van der Waals surface area contributed by atoms with Crippen molar-refractivity contribution in [2.24, 2.45) is 7.05 Å². The number of aryl methyl sites for hydroxylation is 1. The van der Waals surface area contributed by atoms with E-state index in [0.29, 0.717) is 11.1 Å². The number of carbonyl (C=O) groups excluding carboxylic acids is 1. The van der Waals surface area contributed by atoms with Gasteiger partial charge in [0.25, 0.3) is 0 Å².